The molecule has 0 amide bonds. The van der Waals surface area contributed by atoms with Crippen LogP contribution >= 0.6 is 11.6 Å². The second kappa shape index (κ2) is 4.52. The number of alkyl halides is 2. The van der Waals surface area contributed by atoms with Gasteiger partial charge in [-0.15, -0.1) is 0 Å². The van der Waals surface area contributed by atoms with Crippen LogP contribution in [0.2, 0.25) is 5.15 Å². The number of ether oxygens (including phenoxy) is 1. The van der Waals surface area contributed by atoms with Crippen LogP contribution in [0, 0.1) is 11.3 Å². The van der Waals surface area contributed by atoms with Gasteiger partial charge in [-0.2, -0.15) is 14.0 Å². The zero-order valence-corrected chi connectivity index (χ0v) is 9.08. The van der Waals surface area contributed by atoms with Gasteiger partial charge in [0.25, 0.3) is 0 Å². The largest absolute Gasteiger partial charge is 0.433 e. The molecule has 0 radical (unpaired) electrons. The Kier molecular flexibility index (Phi) is 3.07. The highest BCUT2D eigenvalue weighted by atomic mass is 35.5. The first-order valence-corrected chi connectivity index (χ1v) is 4.93. The van der Waals surface area contributed by atoms with Crippen LogP contribution in [0.5, 0.6) is 5.75 Å². The molecular formula is C11H5ClF2N2O. The van der Waals surface area contributed by atoms with Gasteiger partial charge in [0.2, 0.25) is 0 Å². The van der Waals surface area contributed by atoms with Crippen molar-refractivity contribution in [2.45, 2.75) is 6.61 Å². The monoisotopic (exact) mass is 254 g/mol. The first kappa shape index (κ1) is 11.6. The Balaban J connectivity index is 2.67. The van der Waals surface area contributed by atoms with Crippen molar-refractivity contribution in [3.05, 3.63) is 35.1 Å². The molecule has 2 rings (SSSR count). The highest BCUT2D eigenvalue weighted by Gasteiger charge is 2.12. The summed E-state index contributed by atoms with van der Waals surface area (Å²) in [6.45, 7) is -2.99. The smallest absolute Gasteiger partial charge is 0.387 e. The van der Waals surface area contributed by atoms with Crippen LogP contribution in [0.25, 0.3) is 10.8 Å². The summed E-state index contributed by atoms with van der Waals surface area (Å²) in [5, 5.41) is 10.1. The molecule has 1 aromatic carbocycles. The number of pyridine rings is 1. The van der Waals surface area contributed by atoms with Gasteiger partial charge in [-0.25, -0.2) is 4.98 Å². The first-order chi connectivity index (χ1) is 8.11. The van der Waals surface area contributed by atoms with Crippen molar-refractivity contribution in [1.82, 2.24) is 4.98 Å². The van der Waals surface area contributed by atoms with Gasteiger partial charge in [0.1, 0.15) is 17.0 Å². The number of rotatable bonds is 2. The highest BCUT2D eigenvalue weighted by molar-refractivity contribution is 6.34. The summed E-state index contributed by atoms with van der Waals surface area (Å²) in [5.74, 6) is -0.204. The number of benzene rings is 1. The fourth-order valence-corrected chi connectivity index (χ4v) is 1.67. The summed E-state index contributed by atoms with van der Waals surface area (Å²) in [6, 6.07) is 6.14. The molecule has 0 atom stereocenters. The predicted molar refractivity (Wildman–Crippen MR) is 58.1 cm³/mol. The molecule has 0 aliphatic carbocycles. The average Bonchev–Trinajstić information content (AvgIpc) is 2.29. The summed E-state index contributed by atoms with van der Waals surface area (Å²) >= 11 is 5.82. The van der Waals surface area contributed by atoms with Gasteiger partial charge >= 0.3 is 6.61 Å². The van der Waals surface area contributed by atoms with Crippen molar-refractivity contribution in [2.75, 3.05) is 0 Å². The van der Waals surface area contributed by atoms with Gasteiger partial charge in [-0.05, 0) is 23.6 Å². The fraction of sp³-hybridized carbons (Fsp3) is 0.0909. The summed E-state index contributed by atoms with van der Waals surface area (Å²) < 4.78 is 28.6. The molecule has 17 heavy (non-hydrogen) atoms. The molecule has 0 aliphatic rings. The molecule has 1 heterocycles. The number of hydrogen-bond acceptors (Lipinski definition) is 3. The maximum Gasteiger partial charge on any atom is 0.387 e. The van der Waals surface area contributed by atoms with Crippen molar-refractivity contribution in [3.63, 3.8) is 0 Å². The summed E-state index contributed by atoms with van der Waals surface area (Å²) in [6.07, 6.45) is 1.47. The second-order valence-corrected chi connectivity index (χ2v) is 3.52. The first-order valence-electron chi connectivity index (χ1n) is 4.55. The summed E-state index contributed by atoms with van der Waals surface area (Å²) in [7, 11) is 0. The quantitative estimate of drug-likeness (QED) is 0.772. The molecule has 0 aliphatic heterocycles. The maximum absolute atomic E-state index is 12.2. The van der Waals surface area contributed by atoms with E-state index in [-0.39, 0.29) is 16.5 Å². The number of fused-ring (bicyclic) bond motifs is 1. The lowest BCUT2D eigenvalue weighted by atomic mass is 10.1. The van der Waals surface area contributed by atoms with E-state index >= 15 is 0 Å². The van der Waals surface area contributed by atoms with E-state index in [1.807, 2.05) is 0 Å². The van der Waals surface area contributed by atoms with Gasteiger partial charge in [0.15, 0.2) is 0 Å². The minimum atomic E-state index is -2.99. The van der Waals surface area contributed by atoms with Crippen molar-refractivity contribution >= 4 is 22.4 Å². The molecule has 0 saturated carbocycles. The lowest BCUT2D eigenvalue weighted by Gasteiger charge is -2.08. The highest BCUT2D eigenvalue weighted by Crippen LogP contribution is 2.29. The molecule has 86 valence electrons. The van der Waals surface area contributed by atoms with Crippen LogP contribution in [-0.4, -0.2) is 11.6 Å². The Bertz CT molecular complexity index is 610. The zero-order valence-electron chi connectivity index (χ0n) is 8.32. The molecule has 1 aromatic heterocycles. The predicted octanol–water partition coefficient (Wildman–Crippen LogP) is 3.36. The molecule has 0 unspecified atom stereocenters. The number of nitriles is 1. The van der Waals surface area contributed by atoms with E-state index in [1.54, 1.807) is 12.1 Å². The summed E-state index contributed by atoms with van der Waals surface area (Å²) in [5.41, 5.74) is 0.0278. The molecule has 0 spiro atoms. The molecule has 2 aromatic rings. The van der Waals surface area contributed by atoms with E-state index in [0.29, 0.717) is 10.8 Å². The Hall–Kier alpha value is -1.93. The third-order valence-corrected chi connectivity index (χ3v) is 2.45. The lowest BCUT2D eigenvalue weighted by Crippen LogP contribution is -2.03. The molecule has 0 N–H and O–H groups in total. The van der Waals surface area contributed by atoms with E-state index in [9.17, 15) is 8.78 Å². The van der Waals surface area contributed by atoms with Gasteiger partial charge in [0, 0.05) is 11.6 Å². The minimum Gasteiger partial charge on any atom is -0.433 e. The van der Waals surface area contributed by atoms with Gasteiger partial charge in [0.05, 0.1) is 5.56 Å². The Labute approximate surface area is 100 Å². The summed E-state index contributed by atoms with van der Waals surface area (Å²) in [4.78, 5) is 3.82. The van der Waals surface area contributed by atoms with Crippen LogP contribution < -0.4 is 4.74 Å². The standard InChI is InChI=1S/C11H5ClF2N2O/c12-10-8-4-9(17-11(13)14)7(5-15)3-6(8)1-2-16-10/h1-4,11H. The van der Waals surface area contributed by atoms with E-state index < -0.39 is 6.61 Å². The normalized spacial score (nSPS) is 10.5. The van der Waals surface area contributed by atoms with Crippen molar-refractivity contribution in [3.8, 4) is 11.8 Å². The molecule has 3 nitrogen and oxygen atoms in total. The minimum absolute atomic E-state index is 0.0278. The topological polar surface area (TPSA) is 45.9 Å². The van der Waals surface area contributed by atoms with E-state index in [4.69, 9.17) is 16.9 Å². The molecule has 0 saturated heterocycles. The van der Waals surface area contributed by atoms with Crippen molar-refractivity contribution in [2.24, 2.45) is 0 Å². The number of nitrogens with zero attached hydrogens (tertiary/aromatic N) is 2. The third kappa shape index (κ3) is 2.27. The second-order valence-electron chi connectivity index (χ2n) is 3.16. The Morgan fingerprint density at radius 2 is 2.18 bits per heavy atom. The van der Waals surface area contributed by atoms with E-state index in [2.05, 4.69) is 9.72 Å². The fourth-order valence-electron chi connectivity index (χ4n) is 1.45. The molecule has 6 heteroatoms. The SMILES string of the molecule is N#Cc1cc2ccnc(Cl)c2cc1OC(F)F. The van der Waals surface area contributed by atoms with Gasteiger partial charge in [-0.3, -0.25) is 0 Å². The molecular weight excluding hydrogens is 250 g/mol. The van der Waals surface area contributed by atoms with E-state index in [1.165, 1.54) is 18.3 Å². The Morgan fingerprint density at radius 3 is 2.82 bits per heavy atom. The van der Waals surface area contributed by atoms with Crippen molar-refractivity contribution < 1.29 is 13.5 Å². The van der Waals surface area contributed by atoms with Crippen LogP contribution in [-0.2, 0) is 0 Å². The van der Waals surface area contributed by atoms with Crippen LogP contribution in [0.4, 0.5) is 8.78 Å². The Morgan fingerprint density at radius 1 is 1.41 bits per heavy atom. The van der Waals surface area contributed by atoms with Gasteiger partial charge in [-0.1, -0.05) is 11.6 Å². The third-order valence-electron chi connectivity index (χ3n) is 2.15. The van der Waals surface area contributed by atoms with Gasteiger partial charge < -0.3 is 4.74 Å². The number of halogens is 3. The van der Waals surface area contributed by atoms with Crippen LogP contribution in [0.3, 0.4) is 0 Å². The van der Waals surface area contributed by atoms with E-state index in [0.717, 1.165) is 0 Å². The zero-order chi connectivity index (χ0) is 12.4. The number of aromatic nitrogens is 1. The van der Waals surface area contributed by atoms with Crippen molar-refractivity contribution in [1.29, 1.82) is 5.26 Å². The molecule has 0 fully saturated rings. The number of hydrogen-bond donors (Lipinski definition) is 0. The lowest BCUT2D eigenvalue weighted by molar-refractivity contribution is -0.0499. The molecule has 0 bridgehead atoms. The average molecular weight is 255 g/mol. The van der Waals surface area contributed by atoms with Crippen LogP contribution in [0.1, 0.15) is 5.56 Å². The van der Waals surface area contributed by atoms with Crippen LogP contribution in [0.15, 0.2) is 24.4 Å². The maximum atomic E-state index is 12.2.